The quantitative estimate of drug-likeness (QED) is 0.261. The number of carbonyl (C=O) groups excluding carboxylic acids is 1. The molecule has 3 heterocycles. The minimum atomic E-state index is -0.521. The van der Waals surface area contributed by atoms with Crippen LogP contribution in [0.25, 0.3) is 21.8 Å². The van der Waals surface area contributed by atoms with Crippen molar-refractivity contribution in [1.82, 2.24) is 19.9 Å². The van der Waals surface area contributed by atoms with Crippen molar-refractivity contribution in [1.29, 1.82) is 0 Å². The Morgan fingerprint density at radius 2 is 1.75 bits per heavy atom. The Morgan fingerprint density at radius 1 is 1.05 bits per heavy atom. The first-order valence-corrected chi connectivity index (χ1v) is 14.4. The molecule has 1 atom stereocenters. The smallest absolute Gasteiger partial charge is 0.410 e. The van der Waals surface area contributed by atoms with E-state index in [-0.39, 0.29) is 23.9 Å². The molecule has 40 heavy (non-hydrogen) atoms. The maximum atomic E-state index is 13.8. The number of piperidine rings is 1. The average Bonchev–Trinajstić information content (AvgIpc) is 3.39. The van der Waals surface area contributed by atoms with E-state index in [4.69, 9.17) is 14.7 Å². The van der Waals surface area contributed by atoms with Crippen molar-refractivity contribution in [3.05, 3.63) is 83.2 Å². The standard InChI is InChI=1S/C31H34FN5O2S/c1-20(21-8-6-5-7-9-21)34-29-33-17-14-25(35-29)27-26(22-10-12-24(32)13-11-22)36-28(40-27)23-15-18-37(19-16-23)30(38)39-31(2,3)4/h5-14,17,20,23H,15-16,18-19H2,1-4H3,(H,33,34,35). The fourth-order valence-corrected chi connectivity index (χ4v) is 5.92. The van der Waals surface area contributed by atoms with E-state index in [9.17, 15) is 9.18 Å². The van der Waals surface area contributed by atoms with E-state index in [0.717, 1.165) is 45.2 Å². The number of hydrogen-bond donors (Lipinski definition) is 1. The minimum Gasteiger partial charge on any atom is -0.444 e. The third kappa shape index (κ3) is 6.65. The molecule has 0 spiro atoms. The van der Waals surface area contributed by atoms with Crippen LogP contribution in [0.1, 0.15) is 63.1 Å². The van der Waals surface area contributed by atoms with Crippen LogP contribution in [-0.4, -0.2) is 44.6 Å². The van der Waals surface area contributed by atoms with E-state index in [1.807, 2.05) is 45.0 Å². The molecule has 5 rings (SSSR count). The Balaban J connectivity index is 1.41. The Hall–Kier alpha value is -3.85. The lowest BCUT2D eigenvalue weighted by Gasteiger charge is -2.32. The van der Waals surface area contributed by atoms with Gasteiger partial charge in [-0.05, 0) is 76.4 Å². The summed E-state index contributed by atoms with van der Waals surface area (Å²) in [6.45, 7) is 8.93. The predicted octanol–water partition coefficient (Wildman–Crippen LogP) is 7.69. The maximum Gasteiger partial charge on any atom is 0.410 e. The first-order valence-electron chi connectivity index (χ1n) is 13.6. The molecule has 0 saturated carbocycles. The number of halogens is 1. The van der Waals surface area contributed by atoms with Crippen LogP contribution in [0.4, 0.5) is 15.1 Å². The monoisotopic (exact) mass is 559 g/mol. The molecule has 2 aromatic heterocycles. The van der Waals surface area contributed by atoms with Gasteiger partial charge < -0.3 is 15.0 Å². The molecule has 4 aromatic rings. The number of nitrogens with one attached hydrogen (secondary N) is 1. The van der Waals surface area contributed by atoms with Crippen LogP contribution >= 0.6 is 11.3 Å². The second-order valence-corrected chi connectivity index (χ2v) is 12.1. The summed E-state index contributed by atoms with van der Waals surface area (Å²) >= 11 is 1.60. The van der Waals surface area contributed by atoms with E-state index >= 15 is 0 Å². The van der Waals surface area contributed by atoms with Crippen molar-refractivity contribution in [2.75, 3.05) is 18.4 Å². The Morgan fingerprint density at radius 3 is 2.42 bits per heavy atom. The fourth-order valence-electron chi connectivity index (χ4n) is 4.70. The highest BCUT2D eigenvalue weighted by Gasteiger charge is 2.30. The average molecular weight is 560 g/mol. The van der Waals surface area contributed by atoms with E-state index in [0.29, 0.717) is 19.0 Å². The van der Waals surface area contributed by atoms with Gasteiger partial charge in [-0.1, -0.05) is 30.3 Å². The highest BCUT2D eigenvalue weighted by Crippen LogP contribution is 2.41. The molecular formula is C31H34FN5O2S. The van der Waals surface area contributed by atoms with Crippen LogP contribution in [0.5, 0.6) is 0 Å². The third-order valence-corrected chi connectivity index (χ3v) is 8.03. The zero-order chi connectivity index (χ0) is 28.3. The number of hydrogen-bond acceptors (Lipinski definition) is 7. The molecule has 1 unspecified atom stereocenters. The van der Waals surface area contributed by atoms with E-state index in [1.165, 1.54) is 12.1 Å². The van der Waals surface area contributed by atoms with Crippen molar-refractivity contribution in [2.45, 2.75) is 58.1 Å². The number of ether oxygens (including phenoxy) is 1. The van der Waals surface area contributed by atoms with Crippen molar-refractivity contribution in [2.24, 2.45) is 0 Å². The van der Waals surface area contributed by atoms with Crippen molar-refractivity contribution < 1.29 is 13.9 Å². The summed E-state index contributed by atoms with van der Waals surface area (Å²) in [5, 5.41) is 4.39. The van der Waals surface area contributed by atoms with Crippen LogP contribution in [0.15, 0.2) is 66.9 Å². The second-order valence-electron chi connectivity index (χ2n) is 11.0. The van der Waals surface area contributed by atoms with Gasteiger partial charge in [-0.15, -0.1) is 11.3 Å². The number of benzene rings is 2. The Labute approximate surface area is 238 Å². The molecule has 9 heteroatoms. The fraction of sp³-hybridized carbons (Fsp3) is 0.355. The van der Waals surface area contributed by atoms with Gasteiger partial charge in [0.15, 0.2) is 0 Å². The summed E-state index contributed by atoms with van der Waals surface area (Å²) in [4.78, 5) is 29.6. The summed E-state index contributed by atoms with van der Waals surface area (Å²) in [5.41, 5.74) is 2.98. The summed E-state index contributed by atoms with van der Waals surface area (Å²) in [5.74, 6) is 0.437. The maximum absolute atomic E-state index is 13.8. The van der Waals surface area contributed by atoms with Gasteiger partial charge in [0.25, 0.3) is 0 Å². The highest BCUT2D eigenvalue weighted by atomic mass is 32.1. The number of likely N-dealkylation sites (tertiary alicyclic amines) is 1. The molecule has 0 aliphatic carbocycles. The van der Waals surface area contributed by atoms with Crippen molar-refractivity contribution in [3.8, 4) is 21.8 Å². The van der Waals surface area contributed by atoms with Gasteiger partial charge in [-0.3, -0.25) is 0 Å². The topological polar surface area (TPSA) is 80.2 Å². The summed E-state index contributed by atoms with van der Waals surface area (Å²) < 4.78 is 19.3. The van der Waals surface area contributed by atoms with E-state index < -0.39 is 5.60 Å². The zero-order valence-electron chi connectivity index (χ0n) is 23.2. The number of anilines is 1. The summed E-state index contributed by atoms with van der Waals surface area (Å²) in [6.07, 6.45) is 3.05. The van der Waals surface area contributed by atoms with Gasteiger partial charge in [-0.25, -0.2) is 24.1 Å². The lowest BCUT2D eigenvalue weighted by Crippen LogP contribution is -2.41. The summed E-state index contributed by atoms with van der Waals surface area (Å²) in [7, 11) is 0. The molecule has 1 saturated heterocycles. The highest BCUT2D eigenvalue weighted by molar-refractivity contribution is 7.15. The second kappa shape index (κ2) is 11.7. The minimum absolute atomic E-state index is 0.0280. The number of thiazole rings is 1. The van der Waals surface area contributed by atoms with Gasteiger partial charge in [0.05, 0.1) is 27.3 Å². The predicted molar refractivity (Wildman–Crippen MR) is 157 cm³/mol. The molecule has 2 aromatic carbocycles. The number of rotatable bonds is 6. The number of aromatic nitrogens is 3. The van der Waals surface area contributed by atoms with Gasteiger partial charge in [0, 0.05) is 30.8 Å². The van der Waals surface area contributed by atoms with Crippen LogP contribution in [0, 0.1) is 5.82 Å². The van der Waals surface area contributed by atoms with Crippen LogP contribution in [-0.2, 0) is 4.74 Å². The third-order valence-electron chi connectivity index (χ3n) is 6.79. The van der Waals surface area contributed by atoms with Crippen molar-refractivity contribution in [3.63, 3.8) is 0 Å². The van der Waals surface area contributed by atoms with Gasteiger partial charge >= 0.3 is 6.09 Å². The lowest BCUT2D eigenvalue weighted by molar-refractivity contribution is 0.0205. The molecule has 1 aliphatic rings. The van der Waals surface area contributed by atoms with E-state index in [2.05, 4.69) is 29.4 Å². The SMILES string of the molecule is CC(Nc1nccc(-c2sc(C3CCN(C(=O)OC(C)(C)C)CC3)nc2-c2ccc(F)cc2)n1)c1ccccc1. The molecule has 7 nitrogen and oxygen atoms in total. The van der Waals surface area contributed by atoms with Gasteiger partial charge in [0.2, 0.25) is 5.95 Å². The first-order chi connectivity index (χ1) is 19.2. The lowest BCUT2D eigenvalue weighted by atomic mass is 9.98. The summed E-state index contributed by atoms with van der Waals surface area (Å²) in [6, 6.07) is 18.5. The van der Waals surface area contributed by atoms with Gasteiger partial charge in [0.1, 0.15) is 11.4 Å². The van der Waals surface area contributed by atoms with Crippen LogP contribution in [0.3, 0.4) is 0 Å². The van der Waals surface area contributed by atoms with Crippen LogP contribution < -0.4 is 5.32 Å². The molecule has 0 radical (unpaired) electrons. The number of carbonyl (C=O) groups is 1. The molecule has 1 aliphatic heterocycles. The molecular weight excluding hydrogens is 525 g/mol. The molecule has 1 N–H and O–H groups in total. The van der Waals surface area contributed by atoms with Gasteiger partial charge in [-0.2, -0.15) is 0 Å². The van der Waals surface area contributed by atoms with Crippen molar-refractivity contribution >= 4 is 23.4 Å². The molecule has 0 bridgehead atoms. The number of amides is 1. The largest absolute Gasteiger partial charge is 0.444 e. The first kappa shape index (κ1) is 27.7. The van der Waals surface area contributed by atoms with E-state index in [1.54, 1.807) is 34.6 Å². The molecule has 208 valence electrons. The molecule has 1 amide bonds. The molecule has 1 fully saturated rings. The zero-order valence-corrected chi connectivity index (χ0v) is 24.0. The normalized spacial score (nSPS) is 15.1. The Bertz CT molecular complexity index is 1440. The number of nitrogens with zero attached hydrogens (tertiary/aromatic N) is 4. The van der Waals surface area contributed by atoms with Crippen LogP contribution in [0.2, 0.25) is 0 Å². The Kier molecular flexibility index (Phi) is 8.12.